The van der Waals surface area contributed by atoms with E-state index in [1.165, 1.54) is 10.6 Å². The van der Waals surface area contributed by atoms with Gasteiger partial charge in [-0.2, -0.15) is 0 Å². The Balaban J connectivity index is 3.14. The van der Waals surface area contributed by atoms with Gasteiger partial charge in [0.25, 0.3) is 5.56 Å². The number of amides is 1. The fourth-order valence-electron chi connectivity index (χ4n) is 1.63. The minimum Gasteiger partial charge on any atom is -0.342 e. The van der Waals surface area contributed by atoms with E-state index in [9.17, 15) is 9.59 Å². The summed E-state index contributed by atoms with van der Waals surface area (Å²) < 4.78 is 1.39. The summed E-state index contributed by atoms with van der Waals surface area (Å²) in [6.45, 7) is 7.65. The lowest BCUT2D eigenvalue weighted by atomic mass is 10.2. The van der Waals surface area contributed by atoms with E-state index in [1.807, 2.05) is 27.7 Å². The second-order valence-electron chi connectivity index (χ2n) is 5.11. The maximum Gasteiger partial charge on any atom is 0.255 e. The van der Waals surface area contributed by atoms with Gasteiger partial charge in [-0.05, 0) is 13.8 Å². The van der Waals surface area contributed by atoms with Crippen LogP contribution >= 0.6 is 11.6 Å². The van der Waals surface area contributed by atoms with Gasteiger partial charge in [0.15, 0.2) is 0 Å². The number of rotatable bonds is 4. The molecule has 1 rings (SSSR count). The van der Waals surface area contributed by atoms with Gasteiger partial charge in [0.2, 0.25) is 5.91 Å². The largest absolute Gasteiger partial charge is 0.342 e. The van der Waals surface area contributed by atoms with Gasteiger partial charge in [-0.25, -0.2) is 4.98 Å². The second-order valence-corrected chi connectivity index (χ2v) is 5.50. The average molecular weight is 286 g/mol. The van der Waals surface area contributed by atoms with Crippen LogP contribution in [0.5, 0.6) is 0 Å². The molecule has 0 aliphatic rings. The van der Waals surface area contributed by atoms with E-state index in [2.05, 4.69) is 4.98 Å². The van der Waals surface area contributed by atoms with Crippen LogP contribution in [0.15, 0.2) is 10.9 Å². The van der Waals surface area contributed by atoms with Crippen molar-refractivity contribution >= 4 is 17.5 Å². The molecule has 0 aliphatic heterocycles. The van der Waals surface area contributed by atoms with Gasteiger partial charge >= 0.3 is 0 Å². The maximum atomic E-state index is 12.1. The summed E-state index contributed by atoms with van der Waals surface area (Å²) in [4.78, 5) is 29.8. The highest BCUT2D eigenvalue weighted by Crippen LogP contribution is 2.13. The summed E-state index contributed by atoms with van der Waals surface area (Å²) in [6, 6.07) is 1.32. The summed E-state index contributed by atoms with van der Waals surface area (Å²) in [5.41, 5.74) is -0.297. The van der Waals surface area contributed by atoms with E-state index >= 15 is 0 Å². The highest BCUT2D eigenvalue weighted by Gasteiger charge is 2.17. The molecule has 0 spiro atoms. The lowest BCUT2D eigenvalue weighted by molar-refractivity contribution is -0.132. The van der Waals surface area contributed by atoms with Gasteiger partial charge in [-0.15, -0.1) is 0 Å². The fraction of sp³-hybridized carbons (Fsp3) is 0.615. The molecular weight excluding hydrogens is 266 g/mol. The molecule has 1 heterocycles. The van der Waals surface area contributed by atoms with Crippen molar-refractivity contribution in [3.05, 3.63) is 27.4 Å². The van der Waals surface area contributed by atoms with Crippen molar-refractivity contribution in [2.24, 2.45) is 0 Å². The van der Waals surface area contributed by atoms with Gasteiger partial charge in [0.1, 0.15) is 17.5 Å². The van der Waals surface area contributed by atoms with Crippen molar-refractivity contribution in [2.45, 2.75) is 46.2 Å². The molecule has 0 aliphatic carbocycles. The molecule has 0 aromatic carbocycles. The number of hydrogen-bond acceptors (Lipinski definition) is 3. The van der Waals surface area contributed by atoms with Crippen LogP contribution < -0.4 is 5.56 Å². The number of likely N-dealkylation sites (N-methyl/N-ethyl adjacent to an activating group) is 1. The maximum absolute atomic E-state index is 12.1. The standard InChI is InChI=1S/C13H20ClN3O2/c1-8(2)13-15-10(14)6-11(18)17(13)7-12(19)16(5)9(3)4/h6,8-9H,7H2,1-5H3. The third-order valence-corrected chi connectivity index (χ3v) is 3.18. The van der Waals surface area contributed by atoms with Crippen molar-refractivity contribution < 1.29 is 4.79 Å². The number of carbonyl (C=O) groups is 1. The Kier molecular flexibility index (Phi) is 5.11. The van der Waals surface area contributed by atoms with Crippen molar-refractivity contribution in [3.8, 4) is 0 Å². The zero-order valence-corrected chi connectivity index (χ0v) is 12.7. The molecule has 0 fully saturated rings. The lowest BCUT2D eigenvalue weighted by Gasteiger charge is -2.23. The molecule has 1 aromatic heterocycles. The highest BCUT2D eigenvalue weighted by atomic mass is 35.5. The first-order valence-corrected chi connectivity index (χ1v) is 6.64. The molecule has 0 saturated heterocycles. The summed E-state index contributed by atoms with van der Waals surface area (Å²) in [6.07, 6.45) is 0. The molecule has 0 saturated carbocycles. The summed E-state index contributed by atoms with van der Waals surface area (Å²) in [5.74, 6) is 0.426. The first-order chi connectivity index (χ1) is 8.73. The number of aromatic nitrogens is 2. The fourth-order valence-corrected chi connectivity index (χ4v) is 1.81. The Hall–Kier alpha value is -1.36. The Labute approximate surface area is 118 Å². The molecule has 0 atom stereocenters. The van der Waals surface area contributed by atoms with Crippen LogP contribution in [-0.2, 0) is 11.3 Å². The molecule has 1 amide bonds. The summed E-state index contributed by atoms with van der Waals surface area (Å²) >= 11 is 5.80. The Bertz CT molecular complexity index is 523. The van der Waals surface area contributed by atoms with Gasteiger partial charge in [-0.3, -0.25) is 14.2 Å². The molecule has 0 unspecified atom stereocenters. The number of carbonyl (C=O) groups excluding carboxylic acids is 1. The second kappa shape index (κ2) is 6.19. The van der Waals surface area contributed by atoms with E-state index in [-0.39, 0.29) is 35.1 Å². The Morgan fingerprint density at radius 1 is 1.42 bits per heavy atom. The molecule has 1 aromatic rings. The minimum absolute atomic E-state index is 0.00873. The molecule has 19 heavy (non-hydrogen) atoms. The minimum atomic E-state index is -0.297. The van der Waals surface area contributed by atoms with Crippen molar-refractivity contribution in [3.63, 3.8) is 0 Å². The quantitative estimate of drug-likeness (QED) is 0.794. The smallest absolute Gasteiger partial charge is 0.255 e. The zero-order chi connectivity index (χ0) is 14.7. The van der Waals surface area contributed by atoms with Crippen LogP contribution in [-0.4, -0.2) is 33.4 Å². The Morgan fingerprint density at radius 2 is 2.00 bits per heavy atom. The first kappa shape index (κ1) is 15.7. The van der Waals surface area contributed by atoms with Crippen molar-refractivity contribution in [1.29, 1.82) is 0 Å². The number of hydrogen-bond donors (Lipinski definition) is 0. The number of halogens is 1. The molecule has 0 radical (unpaired) electrons. The summed E-state index contributed by atoms with van der Waals surface area (Å²) in [5, 5.41) is 0.162. The Morgan fingerprint density at radius 3 is 2.47 bits per heavy atom. The topological polar surface area (TPSA) is 55.2 Å². The van der Waals surface area contributed by atoms with Crippen LogP contribution in [0.2, 0.25) is 5.15 Å². The van der Waals surface area contributed by atoms with E-state index in [0.29, 0.717) is 5.82 Å². The zero-order valence-electron chi connectivity index (χ0n) is 12.0. The van der Waals surface area contributed by atoms with Gasteiger partial charge in [-0.1, -0.05) is 25.4 Å². The predicted molar refractivity (Wildman–Crippen MR) is 75.5 cm³/mol. The third kappa shape index (κ3) is 3.80. The number of nitrogens with zero attached hydrogens (tertiary/aromatic N) is 3. The van der Waals surface area contributed by atoms with Crippen LogP contribution in [0.1, 0.15) is 39.4 Å². The van der Waals surface area contributed by atoms with Crippen LogP contribution in [0.4, 0.5) is 0 Å². The molecule has 6 heteroatoms. The van der Waals surface area contributed by atoms with E-state index in [1.54, 1.807) is 11.9 Å². The van der Waals surface area contributed by atoms with Gasteiger partial charge in [0, 0.05) is 25.1 Å². The van der Waals surface area contributed by atoms with Gasteiger partial charge in [0.05, 0.1) is 0 Å². The normalized spacial score (nSPS) is 11.2. The SMILES string of the molecule is CC(C)c1nc(Cl)cc(=O)n1CC(=O)N(C)C(C)C. The summed E-state index contributed by atoms with van der Waals surface area (Å²) in [7, 11) is 1.72. The van der Waals surface area contributed by atoms with Crippen molar-refractivity contribution in [2.75, 3.05) is 7.05 Å². The van der Waals surface area contributed by atoms with Crippen molar-refractivity contribution in [1.82, 2.24) is 14.5 Å². The predicted octanol–water partition coefficient (Wildman–Crippen LogP) is 1.89. The monoisotopic (exact) mass is 285 g/mol. The van der Waals surface area contributed by atoms with E-state index < -0.39 is 0 Å². The molecule has 5 nitrogen and oxygen atoms in total. The first-order valence-electron chi connectivity index (χ1n) is 6.27. The lowest BCUT2D eigenvalue weighted by Crippen LogP contribution is -2.39. The van der Waals surface area contributed by atoms with Crippen LogP contribution in [0.3, 0.4) is 0 Å². The average Bonchev–Trinajstić information content (AvgIpc) is 2.30. The van der Waals surface area contributed by atoms with E-state index in [0.717, 1.165) is 0 Å². The third-order valence-electron chi connectivity index (χ3n) is 2.98. The molecule has 0 N–H and O–H groups in total. The highest BCUT2D eigenvalue weighted by molar-refractivity contribution is 6.29. The molecule has 0 bridgehead atoms. The molecular formula is C13H20ClN3O2. The van der Waals surface area contributed by atoms with Gasteiger partial charge < -0.3 is 4.90 Å². The van der Waals surface area contributed by atoms with E-state index in [4.69, 9.17) is 11.6 Å². The van der Waals surface area contributed by atoms with Crippen LogP contribution in [0.25, 0.3) is 0 Å². The molecule has 106 valence electrons. The van der Waals surface area contributed by atoms with Crippen LogP contribution in [0, 0.1) is 0 Å².